The number of allylic oxidation sites excluding steroid dienone is 1. The smallest absolute Gasteiger partial charge is 0.0407 e. The van der Waals surface area contributed by atoms with E-state index in [4.69, 9.17) is 11.6 Å². The summed E-state index contributed by atoms with van der Waals surface area (Å²) in [6, 6.07) is 7.92. The minimum Gasteiger partial charge on any atom is -0.143 e. The zero-order chi connectivity index (χ0) is 8.10. The van der Waals surface area contributed by atoms with Crippen LogP contribution in [-0.4, -0.2) is 5.88 Å². The number of thiol groups is 1. The number of halogens is 1. The number of benzene rings is 1. The molecule has 1 rings (SSSR count). The van der Waals surface area contributed by atoms with E-state index in [1.807, 2.05) is 36.4 Å². The van der Waals surface area contributed by atoms with Gasteiger partial charge >= 0.3 is 0 Å². The molecule has 0 aliphatic carbocycles. The van der Waals surface area contributed by atoms with E-state index in [-0.39, 0.29) is 0 Å². The maximum atomic E-state index is 5.48. The van der Waals surface area contributed by atoms with E-state index >= 15 is 0 Å². The number of hydrogen-bond donors (Lipinski definition) is 1. The Morgan fingerprint density at radius 2 is 1.91 bits per heavy atom. The van der Waals surface area contributed by atoms with Crippen molar-refractivity contribution < 1.29 is 0 Å². The van der Waals surface area contributed by atoms with Crippen molar-refractivity contribution in [3.63, 3.8) is 0 Å². The quantitative estimate of drug-likeness (QED) is 0.530. The monoisotopic (exact) mass is 184 g/mol. The summed E-state index contributed by atoms with van der Waals surface area (Å²) in [5, 5.41) is 0. The van der Waals surface area contributed by atoms with Crippen LogP contribution in [0.15, 0.2) is 35.2 Å². The Morgan fingerprint density at radius 3 is 2.45 bits per heavy atom. The first-order valence-electron chi connectivity index (χ1n) is 3.34. The molecule has 0 saturated heterocycles. The lowest BCUT2D eigenvalue weighted by Crippen LogP contribution is -1.70. The van der Waals surface area contributed by atoms with Crippen LogP contribution in [0.5, 0.6) is 0 Å². The van der Waals surface area contributed by atoms with Crippen molar-refractivity contribution in [2.24, 2.45) is 0 Å². The number of alkyl halides is 1. The molecule has 0 saturated carbocycles. The molecule has 0 nitrogen and oxygen atoms in total. The predicted molar refractivity (Wildman–Crippen MR) is 53.4 cm³/mol. The summed E-state index contributed by atoms with van der Waals surface area (Å²) >= 11 is 9.65. The summed E-state index contributed by atoms with van der Waals surface area (Å²) in [4.78, 5) is 0.980. The molecule has 1 aromatic carbocycles. The molecule has 0 aromatic heterocycles. The Kier molecular flexibility index (Phi) is 3.53. The van der Waals surface area contributed by atoms with E-state index in [0.29, 0.717) is 5.88 Å². The fourth-order valence-corrected chi connectivity index (χ4v) is 1.00. The van der Waals surface area contributed by atoms with Crippen LogP contribution in [0, 0.1) is 0 Å². The van der Waals surface area contributed by atoms with Gasteiger partial charge in [-0.15, -0.1) is 24.2 Å². The summed E-state index contributed by atoms with van der Waals surface area (Å²) in [6.07, 6.45) is 3.90. The topological polar surface area (TPSA) is 0 Å². The fourth-order valence-electron chi connectivity index (χ4n) is 0.766. The molecule has 0 bridgehead atoms. The minimum absolute atomic E-state index is 0.558. The summed E-state index contributed by atoms with van der Waals surface area (Å²) in [5.74, 6) is 0.558. The molecule has 0 heterocycles. The lowest BCUT2D eigenvalue weighted by Gasteiger charge is -1.92. The second kappa shape index (κ2) is 4.47. The molecule has 0 spiro atoms. The van der Waals surface area contributed by atoms with Gasteiger partial charge < -0.3 is 0 Å². The average molecular weight is 185 g/mol. The van der Waals surface area contributed by atoms with Gasteiger partial charge in [0.15, 0.2) is 0 Å². The molecule has 0 unspecified atom stereocenters. The lowest BCUT2D eigenvalue weighted by atomic mass is 10.2. The lowest BCUT2D eigenvalue weighted by molar-refractivity contribution is 1.46. The van der Waals surface area contributed by atoms with Crippen LogP contribution in [0.2, 0.25) is 0 Å². The minimum atomic E-state index is 0.558. The van der Waals surface area contributed by atoms with Gasteiger partial charge in [-0.25, -0.2) is 0 Å². The molecule has 0 N–H and O–H groups in total. The van der Waals surface area contributed by atoms with Crippen LogP contribution in [0.4, 0.5) is 0 Å². The summed E-state index contributed by atoms with van der Waals surface area (Å²) in [5.41, 5.74) is 1.16. The highest BCUT2D eigenvalue weighted by molar-refractivity contribution is 7.80. The Hall–Kier alpha value is -0.400. The van der Waals surface area contributed by atoms with E-state index in [1.54, 1.807) is 0 Å². The molecule has 0 aliphatic heterocycles. The van der Waals surface area contributed by atoms with Gasteiger partial charge in [0.05, 0.1) is 0 Å². The van der Waals surface area contributed by atoms with E-state index in [2.05, 4.69) is 12.6 Å². The van der Waals surface area contributed by atoms with E-state index in [9.17, 15) is 0 Å². The number of rotatable bonds is 2. The third kappa shape index (κ3) is 3.00. The Balaban J connectivity index is 2.73. The van der Waals surface area contributed by atoms with Gasteiger partial charge in [-0.3, -0.25) is 0 Å². The fraction of sp³-hybridized carbons (Fsp3) is 0.111. The van der Waals surface area contributed by atoms with Crippen molar-refractivity contribution in [2.75, 3.05) is 5.88 Å². The van der Waals surface area contributed by atoms with Crippen molar-refractivity contribution in [3.8, 4) is 0 Å². The average Bonchev–Trinajstić information content (AvgIpc) is 2.04. The van der Waals surface area contributed by atoms with Crippen LogP contribution in [0.1, 0.15) is 5.56 Å². The second-order valence-corrected chi connectivity index (χ2v) is 2.97. The van der Waals surface area contributed by atoms with Gasteiger partial charge in [0.1, 0.15) is 0 Å². The summed E-state index contributed by atoms with van der Waals surface area (Å²) in [6.45, 7) is 0. The molecule has 0 fully saturated rings. The molecular weight excluding hydrogens is 176 g/mol. The first-order chi connectivity index (χ1) is 5.33. The summed E-state index contributed by atoms with van der Waals surface area (Å²) < 4.78 is 0. The third-order valence-electron chi connectivity index (χ3n) is 1.29. The SMILES string of the molecule is Sc1ccc(C=CCCl)cc1. The molecule has 0 atom stereocenters. The Labute approximate surface area is 77.3 Å². The van der Waals surface area contributed by atoms with Gasteiger partial charge in [-0.05, 0) is 17.7 Å². The van der Waals surface area contributed by atoms with Crippen LogP contribution in [0.3, 0.4) is 0 Å². The molecule has 1 aromatic rings. The molecule has 58 valence electrons. The largest absolute Gasteiger partial charge is 0.143 e. The van der Waals surface area contributed by atoms with E-state index in [1.165, 1.54) is 0 Å². The highest BCUT2D eigenvalue weighted by atomic mass is 35.5. The molecule has 0 radical (unpaired) electrons. The van der Waals surface area contributed by atoms with E-state index in [0.717, 1.165) is 10.5 Å². The Morgan fingerprint density at radius 1 is 1.27 bits per heavy atom. The molecule has 11 heavy (non-hydrogen) atoms. The maximum absolute atomic E-state index is 5.48. The zero-order valence-electron chi connectivity index (χ0n) is 6.00. The molecule has 2 heteroatoms. The van der Waals surface area contributed by atoms with Crippen molar-refractivity contribution in [1.29, 1.82) is 0 Å². The van der Waals surface area contributed by atoms with Gasteiger partial charge in [-0.1, -0.05) is 24.3 Å². The third-order valence-corrected chi connectivity index (χ3v) is 1.77. The van der Waals surface area contributed by atoms with Crippen molar-refractivity contribution in [3.05, 3.63) is 35.9 Å². The first-order valence-corrected chi connectivity index (χ1v) is 4.32. The normalized spacial score (nSPS) is 10.7. The zero-order valence-corrected chi connectivity index (χ0v) is 7.65. The van der Waals surface area contributed by atoms with Gasteiger partial charge in [0.2, 0.25) is 0 Å². The van der Waals surface area contributed by atoms with Crippen LogP contribution in [0.25, 0.3) is 6.08 Å². The maximum Gasteiger partial charge on any atom is 0.0407 e. The van der Waals surface area contributed by atoms with E-state index < -0.39 is 0 Å². The van der Waals surface area contributed by atoms with Gasteiger partial charge in [0, 0.05) is 10.8 Å². The highest BCUT2D eigenvalue weighted by Gasteiger charge is 1.84. The second-order valence-electron chi connectivity index (χ2n) is 2.15. The molecule has 0 aliphatic rings. The number of hydrogen-bond acceptors (Lipinski definition) is 1. The Bertz CT molecular complexity index is 238. The standard InChI is InChI=1S/C9H9ClS/c10-7-1-2-8-3-5-9(11)6-4-8/h1-6,11H,7H2. The van der Waals surface area contributed by atoms with Crippen LogP contribution in [-0.2, 0) is 0 Å². The highest BCUT2D eigenvalue weighted by Crippen LogP contribution is 2.08. The van der Waals surface area contributed by atoms with Gasteiger partial charge in [-0.2, -0.15) is 0 Å². The van der Waals surface area contributed by atoms with Crippen LogP contribution >= 0.6 is 24.2 Å². The molecule has 0 amide bonds. The summed E-state index contributed by atoms with van der Waals surface area (Å²) in [7, 11) is 0. The van der Waals surface area contributed by atoms with Crippen LogP contribution < -0.4 is 0 Å². The predicted octanol–water partition coefficient (Wildman–Crippen LogP) is 3.23. The van der Waals surface area contributed by atoms with Crippen molar-refractivity contribution >= 4 is 30.3 Å². The van der Waals surface area contributed by atoms with Crippen molar-refractivity contribution in [2.45, 2.75) is 4.90 Å². The van der Waals surface area contributed by atoms with Gasteiger partial charge in [0.25, 0.3) is 0 Å². The van der Waals surface area contributed by atoms with Crippen molar-refractivity contribution in [1.82, 2.24) is 0 Å². The molecular formula is C9H9ClS. The first kappa shape index (κ1) is 8.69.